The largest absolute Gasteiger partial charge is 0.477 e. The average Bonchev–Trinajstić information content (AvgIpc) is 3.29. The van der Waals surface area contributed by atoms with Crippen molar-refractivity contribution >= 4 is 69.3 Å². The summed E-state index contributed by atoms with van der Waals surface area (Å²) in [6, 6.07) is 5.84. The Morgan fingerprint density at radius 1 is 1.30 bits per heavy atom. The monoisotopic (exact) mass is 565 g/mol. The number of carbonyl (C=O) groups is 4. The van der Waals surface area contributed by atoms with Gasteiger partial charge in [-0.3, -0.25) is 19.3 Å². The molecular weight excluding hydrogens is 546 g/mol. The molecule has 1 saturated heterocycles. The van der Waals surface area contributed by atoms with Gasteiger partial charge >= 0.3 is 11.9 Å². The van der Waals surface area contributed by atoms with E-state index in [1.54, 1.807) is 24.3 Å². The predicted molar refractivity (Wildman–Crippen MR) is 136 cm³/mol. The molecule has 2 atom stereocenters. The number of nitrogens with one attached hydrogen (secondary N) is 1. The number of esters is 1. The number of carboxylic acids is 1. The van der Waals surface area contributed by atoms with Crippen LogP contribution < -0.4 is 11.1 Å². The van der Waals surface area contributed by atoms with Gasteiger partial charge in [-0.15, -0.1) is 23.1 Å². The molecule has 2 aromatic rings. The number of aromatic nitrogens is 1. The zero-order valence-corrected chi connectivity index (χ0v) is 21.6. The zero-order valence-electron chi connectivity index (χ0n) is 19.2. The normalized spacial score (nSPS) is 19.1. The van der Waals surface area contributed by atoms with Gasteiger partial charge < -0.3 is 25.7 Å². The molecule has 2 amide bonds. The van der Waals surface area contributed by atoms with Crippen LogP contribution in [0.25, 0.3) is 0 Å². The summed E-state index contributed by atoms with van der Waals surface area (Å²) in [5.41, 5.74) is 6.46. The summed E-state index contributed by atoms with van der Waals surface area (Å²) in [7, 11) is 0. The van der Waals surface area contributed by atoms with Crippen molar-refractivity contribution in [1.29, 1.82) is 0 Å². The van der Waals surface area contributed by atoms with E-state index >= 15 is 0 Å². The van der Waals surface area contributed by atoms with E-state index in [1.165, 1.54) is 24.1 Å². The second kappa shape index (κ2) is 11.2. The molecule has 194 valence electrons. The molecule has 0 spiro atoms. The predicted octanol–water partition coefficient (Wildman–Crippen LogP) is 1.60. The molecule has 3 heterocycles. The van der Waals surface area contributed by atoms with Crippen LogP contribution in [0.15, 0.2) is 46.1 Å². The SMILES string of the molecule is CC(=O)OCC1=C(C(=O)O)N2C(=O)[C@@H](NC(=O)C(=NOCc3ccc(Cl)cc3)c3csc(N)n3)[C@@H]2SC1. The number of nitrogens with zero attached hydrogens (tertiary/aromatic N) is 3. The molecule has 4 N–H and O–H groups in total. The van der Waals surface area contributed by atoms with E-state index in [0.29, 0.717) is 5.02 Å². The topological polar surface area (TPSA) is 174 Å². The van der Waals surface area contributed by atoms with Crippen LogP contribution in [0.3, 0.4) is 0 Å². The quantitative estimate of drug-likeness (QED) is 0.175. The summed E-state index contributed by atoms with van der Waals surface area (Å²) in [5.74, 6) is -3.07. The third-order valence-electron chi connectivity index (χ3n) is 5.27. The Hall–Kier alpha value is -3.62. The highest BCUT2D eigenvalue weighted by atomic mass is 35.5. The van der Waals surface area contributed by atoms with E-state index in [1.807, 2.05) is 0 Å². The van der Waals surface area contributed by atoms with Gasteiger partial charge in [0.05, 0.1) is 0 Å². The minimum atomic E-state index is -1.33. The fourth-order valence-corrected chi connectivity index (χ4v) is 5.55. The number of β-lactam (4-membered cyclic amide) rings is 1. The Morgan fingerprint density at radius 3 is 2.65 bits per heavy atom. The van der Waals surface area contributed by atoms with Crippen LogP contribution in [-0.2, 0) is 35.4 Å². The number of carbonyl (C=O) groups excluding carboxylic acids is 3. The van der Waals surface area contributed by atoms with Gasteiger partial charge in [0, 0.05) is 28.7 Å². The molecule has 37 heavy (non-hydrogen) atoms. The Bertz CT molecular complexity index is 1310. The molecule has 0 bridgehead atoms. The van der Waals surface area contributed by atoms with Crippen molar-refractivity contribution in [1.82, 2.24) is 15.2 Å². The van der Waals surface area contributed by atoms with Crippen LogP contribution in [0, 0.1) is 0 Å². The highest BCUT2D eigenvalue weighted by molar-refractivity contribution is 8.00. The number of nitrogens with two attached hydrogens (primary N) is 1. The number of amides is 2. The summed E-state index contributed by atoms with van der Waals surface area (Å²) in [6.07, 6.45) is 0. The van der Waals surface area contributed by atoms with E-state index in [2.05, 4.69) is 15.5 Å². The lowest BCUT2D eigenvalue weighted by Gasteiger charge is -2.49. The van der Waals surface area contributed by atoms with Crippen LogP contribution >= 0.6 is 34.7 Å². The Kier molecular flexibility index (Phi) is 8.00. The number of ether oxygens (including phenoxy) is 1. The molecule has 1 fully saturated rings. The number of aliphatic carboxylic acids is 1. The smallest absolute Gasteiger partial charge is 0.352 e. The zero-order chi connectivity index (χ0) is 26.7. The lowest BCUT2D eigenvalue weighted by Crippen LogP contribution is -2.71. The van der Waals surface area contributed by atoms with Gasteiger partial charge in [0.15, 0.2) is 10.8 Å². The minimum absolute atomic E-state index is 0.0417. The number of oxime groups is 1. The number of halogens is 1. The molecule has 0 radical (unpaired) electrons. The van der Waals surface area contributed by atoms with E-state index in [0.717, 1.165) is 21.8 Å². The van der Waals surface area contributed by atoms with Crippen molar-refractivity contribution in [2.45, 2.75) is 24.9 Å². The number of fused-ring (bicyclic) bond motifs is 1. The fourth-order valence-electron chi connectivity index (χ4n) is 3.55. The fraction of sp³-hybridized carbons (Fsp3) is 0.273. The molecule has 4 rings (SSSR count). The number of rotatable bonds is 9. The van der Waals surface area contributed by atoms with Gasteiger partial charge in [0.25, 0.3) is 11.8 Å². The molecule has 2 aliphatic heterocycles. The first kappa shape index (κ1) is 26.4. The van der Waals surface area contributed by atoms with Crippen molar-refractivity contribution in [3.8, 4) is 0 Å². The van der Waals surface area contributed by atoms with Gasteiger partial charge in [0.2, 0.25) is 0 Å². The van der Waals surface area contributed by atoms with E-state index in [-0.39, 0.29) is 46.8 Å². The number of benzene rings is 1. The van der Waals surface area contributed by atoms with E-state index in [9.17, 15) is 24.3 Å². The summed E-state index contributed by atoms with van der Waals surface area (Å²) >= 11 is 8.22. The summed E-state index contributed by atoms with van der Waals surface area (Å²) in [5, 5.41) is 17.8. The number of nitrogen functional groups attached to an aromatic ring is 1. The van der Waals surface area contributed by atoms with Gasteiger partial charge in [-0.2, -0.15) is 0 Å². The maximum Gasteiger partial charge on any atom is 0.352 e. The molecule has 1 aromatic heterocycles. The first-order valence-electron chi connectivity index (χ1n) is 10.7. The van der Waals surface area contributed by atoms with Crippen LogP contribution in [0.2, 0.25) is 5.02 Å². The van der Waals surface area contributed by atoms with Crippen molar-refractivity contribution < 1.29 is 33.9 Å². The van der Waals surface area contributed by atoms with Crippen molar-refractivity contribution in [2.75, 3.05) is 18.1 Å². The molecular formula is C22H20ClN5O7S2. The number of hydrogen-bond donors (Lipinski definition) is 3. The summed E-state index contributed by atoms with van der Waals surface area (Å²) in [4.78, 5) is 59.6. The lowest BCUT2D eigenvalue weighted by atomic mass is 10.0. The minimum Gasteiger partial charge on any atom is -0.477 e. The van der Waals surface area contributed by atoms with E-state index in [4.69, 9.17) is 26.9 Å². The summed E-state index contributed by atoms with van der Waals surface area (Å²) < 4.78 is 4.92. The second-order valence-electron chi connectivity index (χ2n) is 7.81. The van der Waals surface area contributed by atoms with Crippen LogP contribution in [0.1, 0.15) is 18.2 Å². The number of carboxylic acid groups (broad SMARTS) is 1. The highest BCUT2D eigenvalue weighted by Gasteiger charge is 2.54. The maximum absolute atomic E-state index is 13.1. The van der Waals surface area contributed by atoms with Crippen LogP contribution in [0.5, 0.6) is 0 Å². The number of hydrogen-bond acceptors (Lipinski definition) is 11. The second-order valence-corrected chi connectivity index (χ2v) is 10.2. The number of anilines is 1. The lowest BCUT2D eigenvalue weighted by molar-refractivity contribution is -0.150. The third-order valence-corrected chi connectivity index (χ3v) is 7.53. The van der Waals surface area contributed by atoms with E-state index < -0.39 is 35.2 Å². The van der Waals surface area contributed by atoms with Gasteiger partial charge in [-0.05, 0) is 17.7 Å². The maximum atomic E-state index is 13.1. The van der Waals surface area contributed by atoms with Crippen molar-refractivity contribution in [2.24, 2.45) is 5.16 Å². The summed E-state index contributed by atoms with van der Waals surface area (Å²) in [6.45, 7) is 0.999. The van der Waals surface area contributed by atoms with Crippen molar-refractivity contribution in [3.05, 3.63) is 57.2 Å². The molecule has 1 aromatic carbocycles. The van der Waals surface area contributed by atoms with Crippen LogP contribution in [-0.4, -0.2) is 68.2 Å². The third kappa shape index (κ3) is 5.87. The Morgan fingerprint density at radius 2 is 2.03 bits per heavy atom. The Labute approximate surface area is 223 Å². The molecule has 12 nitrogen and oxygen atoms in total. The van der Waals surface area contributed by atoms with Crippen molar-refractivity contribution in [3.63, 3.8) is 0 Å². The van der Waals surface area contributed by atoms with Gasteiger partial charge in [-0.1, -0.05) is 28.9 Å². The molecule has 15 heteroatoms. The molecule has 0 saturated carbocycles. The highest BCUT2D eigenvalue weighted by Crippen LogP contribution is 2.40. The van der Waals surface area contributed by atoms with Crippen LogP contribution in [0.4, 0.5) is 5.13 Å². The standard InChI is InChI=1S/C22H20ClN5O7S2/c1-10(29)34-7-12-8-36-20-16(19(31)28(20)17(12)21(32)33)26-18(30)15(14-9-37-22(24)25-14)27-35-6-11-2-4-13(23)5-3-11/h2-5,9,16,20H,6-8H2,1H3,(H2,24,25)(H,26,30)(H,32,33)/t16-,20+/m1/s1. The number of thioether (sulfide) groups is 1. The first-order chi connectivity index (χ1) is 17.7. The average molecular weight is 566 g/mol. The molecule has 2 aliphatic rings. The first-order valence-corrected chi connectivity index (χ1v) is 13.0. The molecule has 0 unspecified atom stereocenters. The molecule has 0 aliphatic carbocycles. The number of thiazole rings is 1. The van der Waals surface area contributed by atoms with Gasteiger partial charge in [-0.25, -0.2) is 9.78 Å². The van der Waals surface area contributed by atoms with Gasteiger partial charge in [0.1, 0.15) is 36.0 Å². The Balaban J connectivity index is 1.49.